The standard InChI is InChI=1S/C22H31FN2O5S.ClH/c1-16(2)25(11-10-17-6-8-21(28-3)22(14-17)29-4)12-13-30-20-9-7-18(15-19(20)23)24-31(5,26)27;/h6-9,14-16,24H,10-13H2,1-5H3;1H. The fraction of sp³-hybridized carbons (Fsp3) is 0.455. The van der Waals surface area contributed by atoms with Crippen LogP contribution in [0.5, 0.6) is 17.2 Å². The molecule has 10 heteroatoms. The SMILES string of the molecule is COc1ccc(CCN(CCOc2ccc(NS(C)(=O)=O)cc2F)C(C)C)cc1OC.Cl. The van der Waals surface area contributed by atoms with E-state index in [1.807, 2.05) is 18.2 Å². The summed E-state index contributed by atoms with van der Waals surface area (Å²) in [5.41, 5.74) is 1.29. The highest BCUT2D eigenvalue weighted by molar-refractivity contribution is 7.92. The first-order valence-corrected chi connectivity index (χ1v) is 11.9. The summed E-state index contributed by atoms with van der Waals surface area (Å²) in [6.45, 7) is 5.92. The van der Waals surface area contributed by atoms with Crippen LogP contribution in [0.3, 0.4) is 0 Å². The van der Waals surface area contributed by atoms with Crippen LogP contribution in [-0.2, 0) is 16.4 Å². The molecule has 0 aliphatic rings. The zero-order valence-corrected chi connectivity index (χ0v) is 20.7. The number of ether oxygens (including phenoxy) is 3. The van der Waals surface area contributed by atoms with E-state index in [4.69, 9.17) is 14.2 Å². The second kappa shape index (κ2) is 12.7. The van der Waals surface area contributed by atoms with Crippen molar-refractivity contribution < 1.29 is 27.0 Å². The lowest BCUT2D eigenvalue weighted by molar-refractivity contribution is 0.175. The molecule has 7 nitrogen and oxygen atoms in total. The third kappa shape index (κ3) is 8.72. The molecule has 0 aliphatic heterocycles. The number of rotatable bonds is 12. The van der Waals surface area contributed by atoms with Crippen LogP contribution in [0, 0.1) is 5.82 Å². The fourth-order valence-electron chi connectivity index (χ4n) is 3.11. The van der Waals surface area contributed by atoms with Crippen molar-refractivity contribution >= 4 is 28.1 Å². The molecule has 2 aromatic rings. The third-order valence-corrected chi connectivity index (χ3v) is 5.34. The highest BCUT2D eigenvalue weighted by Gasteiger charge is 2.13. The molecule has 0 radical (unpaired) electrons. The van der Waals surface area contributed by atoms with Gasteiger partial charge < -0.3 is 14.2 Å². The second-order valence-corrected chi connectivity index (χ2v) is 9.19. The van der Waals surface area contributed by atoms with Crippen LogP contribution >= 0.6 is 12.4 Å². The van der Waals surface area contributed by atoms with Crippen LogP contribution in [0.2, 0.25) is 0 Å². The van der Waals surface area contributed by atoms with Gasteiger partial charge in [0.05, 0.1) is 26.2 Å². The number of methoxy groups -OCH3 is 2. The Bertz CT molecular complexity index is 973. The summed E-state index contributed by atoms with van der Waals surface area (Å²) in [4.78, 5) is 2.24. The molecule has 2 rings (SSSR count). The number of hydrogen-bond donors (Lipinski definition) is 1. The van der Waals surface area contributed by atoms with Gasteiger partial charge in [0.2, 0.25) is 10.0 Å². The minimum Gasteiger partial charge on any atom is -0.493 e. The topological polar surface area (TPSA) is 77.1 Å². The monoisotopic (exact) mass is 490 g/mol. The predicted molar refractivity (Wildman–Crippen MR) is 128 cm³/mol. The summed E-state index contributed by atoms with van der Waals surface area (Å²) in [7, 11) is -0.240. The summed E-state index contributed by atoms with van der Waals surface area (Å²) in [5, 5.41) is 0. The average molecular weight is 491 g/mol. The van der Waals surface area contributed by atoms with Crippen LogP contribution in [-0.4, -0.2) is 59.5 Å². The third-order valence-electron chi connectivity index (χ3n) is 4.74. The van der Waals surface area contributed by atoms with Crippen LogP contribution in [0.15, 0.2) is 36.4 Å². The number of nitrogens with zero attached hydrogens (tertiary/aromatic N) is 1. The minimum absolute atomic E-state index is 0. The lowest BCUT2D eigenvalue weighted by Gasteiger charge is -2.26. The molecule has 0 atom stereocenters. The summed E-state index contributed by atoms with van der Waals surface area (Å²) in [6.07, 6.45) is 1.83. The maximum Gasteiger partial charge on any atom is 0.229 e. The van der Waals surface area contributed by atoms with Crippen molar-refractivity contribution in [1.82, 2.24) is 4.90 Å². The van der Waals surface area contributed by atoms with Gasteiger partial charge in [-0.15, -0.1) is 12.4 Å². The van der Waals surface area contributed by atoms with E-state index in [1.165, 1.54) is 12.1 Å². The van der Waals surface area contributed by atoms with Crippen molar-refractivity contribution in [3.63, 3.8) is 0 Å². The Morgan fingerprint density at radius 1 is 1.00 bits per heavy atom. The molecule has 0 aliphatic carbocycles. The number of sulfonamides is 1. The van der Waals surface area contributed by atoms with Crippen molar-refractivity contribution in [2.75, 3.05) is 44.9 Å². The second-order valence-electron chi connectivity index (χ2n) is 7.44. The van der Waals surface area contributed by atoms with Gasteiger partial charge in [0.15, 0.2) is 23.1 Å². The van der Waals surface area contributed by atoms with E-state index in [-0.39, 0.29) is 29.9 Å². The predicted octanol–water partition coefficient (Wildman–Crippen LogP) is 3.97. The molecule has 0 saturated heterocycles. The van der Waals surface area contributed by atoms with Crippen LogP contribution in [0.1, 0.15) is 19.4 Å². The minimum atomic E-state index is -3.46. The van der Waals surface area contributed by atoms with Crippen molar-refractivity contribution in [3.05, 3.63) is 47.8 Å². The van der Waals surface area contributed by atoms with Gasteiger partial charge in [-0.1, -0.05) is 6.07 Å². The van der Waals surface area contributed by atoms with E-state index in [9.17, 15) is 12.8 Å². The first-order chi connectivity index (χ1) is 14.6. The zero-order valence-electron chi connectivity index (χ0n) is 19.1. The van der Waals surface area contributed by atoms with Gasteiger partial charge in [-0.25, -0.2) is 12.8 Å². The molecule has 0 amide bonds. The van der Waals surface area contributed by atoms with Crippen LogP contribution in [0.25, 0.3) is 0 Å². The van der Waals surface area contributed by atoms with Crippen LogP contribution < -0.4 is 18.9 Å². The van der Waals surface area contributed by atoms with E-state index in [2.05, 4.69) is 23.5 Å². The Hall–Kier alpha value is -2.23. The lowest BCUT2D eigenvalue weighted by atomic mass is 10.1. The van der Waals surface area contributed by atoms with Gasteiger partial charge in [-0.2, -0.15) is 0 Å². The van der Waals surface area contributed by atoms with E-state index in [1.54, 1.807) is 14.2 Å². The molecule has 2 aromatic carbocycles. The summed E-state index contributed by atoms with van der Waals surface area (Å²) < 4.78 is 55.2. The molecule has 1 N–H and O–H groups in total. The molecule has 0 heterocycles. The number of benzene rings is 2. The van der Waals surface area contributed by atoms with E-state index < -0.39 is 15.8 Å². The average Bonchev–Trinajstić information content (AvgIpc) is 2.70. The molecule has 0 fully saturated rings. The normalized spacial score (nSPS) is 11.2. The quantitative estimate of drug-likeness (QED) is 0.485. The molecule has 180 valence electrons. The molecule has 0 unspecified atom stereocenters. The number of hydrogen-bond acceptors (Lipinski definition) is 6. The maximum atomic E-state index is 14.2. The van der Waals surface area contributed by atoms with E-state index >= 15 is 0 Å². The fourth-order valence-corrected chi connectivity index (χ4v) is 3.66. The molecule has 0 aromatic heterocycles. The number of nitrogens with one attached hydrogen (secondary N) is 1. The molecule has 0 saturated carbocycles. The smallest absolute Gasteiger partial charge is 0.229 e. The highest BCUT2D eigenvalue weighted by atomic mass is 35.5. The largest absolute Gasteiger partial charge is 0.493 e. The van der Waals surface area contributed by atoms with Gasteiger partial charge in [-0.3, -0.25) is 9.62 Å². The molecule has 0 spiro atoms. The molecular formula is C22H32ClFN2O5S. The van der Waals surface area contributed by atoms with Crippen molar-refractivity contribution in [2.45, 2.75) is 26.3 Å². The lowest BCUT2D eigenvalue weighted by Crippen LogP contribution is -2.36. The Labute approximate surface area is 196 Å². The highest BCUT2D eigenvalue weighted by Crippen LogP contribution is 2.28. The van der Waals surface area contributed by atoms with Crippen LogP contribution in [0.4, 0.5) is 10.1 Å². The Morgan fingerprint density at radius 2 is 1.66 bits per heavy atom. The first kappa shape index (κ1) is 27.8. The first-order valence-electron chi connectivity index (χ1n) is 9.98. The maximum absolute atomic E-state index is 14.2. The molecule has 0 bridgehead atoms. The zero-order chi connectivity index (χ0) is 23.0. The Morgan fingerprint density at radius 3 is 2.22 bits per heavy atom. The van der Waals surface area contributed by atoms with Gasteiger partial charge in [0, 0.05) is 25.2 Å². The number of anilines is 1. The summed E-state index contributed by atoms with van der Waals surface area (Å²) >= 11 is 0. The summed E-state index contributed by atoms with van der Waals surface area (Å²) in [5.74, 6) is 0.863. The van der Waals surface area contributed by atoms with Crippen molar-refractivity contribution in [3.8, 4) is 17.2 Å². The van der Waals surface area contributed by atoms with Gasteiger partial charge >= 0.3 is 0 Å². The Kier molecular flexibility index (Phi) is 11.0. The van der Waals surface area contributed by atoms with Gasteiger partial charge in [0.25, 0.3) is 0 Å². The summed E-state index contributed by atoms with van der Waals surface area (Å²) in [6, 6.07) is 10.2. The van der Waals surface area contributed by atoms with E-state index in [0.717, 1.165) is 30.9 Å². The van der Waals surface area contributed by atoms with Gasteiger partial charge in [0.1, 0.15) is 6.61 Å². The van der Waals surface area contributed by atoms with Gasteiger partial charge in [-0.05, 0) is 50.1 Å². The molecule has 32 heavy (non-hydrogen) atoms. The van der Waals surface area contributed by atoms with Crippen molar-refractivity contribution in [2.24, 2.45) is 0 Å². The van der Waals surface area contributed by atoms with E-state index in [0.29, 0.717) is 24.7 Å². The van der Waals surface area contributed by atoms with Crippen molar-refractivity contribution in [1.29, 1.82) is 0 Å². The molecular weight excluding hydrogens is 459 g/mol. The Balaban J connectivity index is 0.00000512. The number of halogens is 2.